The molecule has 0 amide bonds. The van der Waals surface area contributed by atoms with E-state index in [4.69, 9.17) is 9.68 Å². The minimum Gasteiger partial charge on any atom is -0.389 e. The summed E-state index contributed by atoms with van der Waals surface area (Å²) >= 11 is 0. The van der Waals surface area contributed by atoms with Crippen LogP contribution in [0.5, 0.6) is 0 Å². The highest BCUT2D eigenvalue weighted by molar-refractivity contribution is 8.07. The third-order valence-corrected chi connectivity index (χ3v) is 10.3. The van der Waals surface area contributed by atoms with E-state index in [1.807, 2.05) is 44.2 Å². The molecule has 2 heterocycles. The third-order valence-electron chi connectivity index (χ3n) is 6.11. The van der Waals surface area contributed by atoms with Crippen molar-refractivity contribution in [2.45, 2.75) is 75.8 Å². The zero-order valence-corrected chi connectivity index (χ0v) is 23.4. The van der Waals surface area contributed by atoms with Gasteiger partial charge in [0.05, 0.1) is 5.25 Å². The van der Waals surface area contributed by atoms with Gasteiger partial charge in [-0.05, 0) is 47.1 Å². The molecular weight excluding hydrogens is 519 g/mol. The van der Waals surface area contributed by atoms with Crippen LogP contribution in [0.1, 0.15) is 70.8 Å². The first-order chi connectivity index (χ1) is 17.0. The number of oxime groups is 2. The lowest BCUT2D eigenvalue weighted by atomic mass is 10.1. The monoisotopic (exact) mass is 552 g/mol. The van der Waals surface area contributed by atoms with Gasteiger partial charge in [0.15, 0.2) is 10.1 Å². The molecule has 0 aromatic heterocycles. The molecule has 2 aromatic rings. The SMILES string of the molecule is CC(c1ccccc1)S(=O)(=O)C1=NOC(C)(C)C1.CC1(C)CC(S(=O)(=O)C(C)(F)c2ccccc2)=NO1. The lowest BCUT2D eigenvalue weighted by Gasteiger charge is -2.21. The molecule has 4 rings (SSSR count). The van der Waals surface area contributed by atoms with Crippen LogP contribution >= 0.6 is 0 Å². The second-order valence-electron chi connectivity index (χ2n) is 10.4. The number of hydrogen-bond acceptors (Lipinski definition) is 8. The highest BCUT2D eigenvalue weighted by Crippen LogP contribution is 2.37. The molecule has 8 nitrogen and oxygen atoms in total. The molecule has 0 radical (unpaired) electrons. The van der Waals surface area contributed by atoms with Crippen LogP contribution in [-0.2, 0) is 34.4 Å². The van der Waals surface area contributed by atoms with E-state index >= 15 is 0 Å². The lowest BCUT2D eigenvalue weighted by Crippen LogP contribution is -2.34. The van der Waals surface area contributed by atoms with Gasteiger partial charge in [0, 0.05) is 18.4 Å². The first-order valence-electron chi connectivity index (χ1n) is 11.8. The summed E-state index contributed by atoms with van der Waals surface area (Å²) in [6.45, 7) is 9.77. The summed E-state index contributed by atoms with van der Waals surface area (Å²) in [6, 6.07) is 16.9. The standard InChI is InChI=1S/C13H16FNO3S.C13H17NO3S/c1-12(2)9-11(15-18-12)19(16,17)13(3,14)10-7-5-4-6-8-10;1-10(11-7-5-4-6-8-11)18(15,16)12-9-13(2,3)17-14-12/h4-8H,9H2,1-3H3;4-8,10H,9H2,1-3H3. The zero-order chi connectivity index (χ0) is 27.7. The lowest BCUT2D eigenvalue weighted by molar-refractivity contribution is 0.0120. The average molecular weight is 553 g/mol. The fourth-order valence-electron chi connectivity index (χ4n) is 3.72. The van der Waals surface area contributed by atoms with E-state index < -0.39 is 41.1 Å². The highest BCUT2D eigenvalue weighted by Gasteiger charge is 2.48. The minimum absolute atomic E-state index is 0.0711. The summed E-state index contributed by atoms with van der Waals surface area (Å²) in [5.74, 6) is 0. The van der Waals surface area contributed by atoms with E-state index in [1.54, 1.807) is 39.0 Å². The molecule has 0 saturated carbocycles. The van der Waals surface area contributed by atoms with E-state index in [0.29, 0.717) is 6.42 Å². The Bertz CT molecular complexity index is 1390. The fraction of sp³-hybridized carbons (Fsp3) is 0.462. The van der Waals surface area contributed by atoms with Gasteiger partial charge in [0.1, 0.15) is 11.2 Å². The second-order valence-corrected chi connectivity index (χ2v) is 14.9. The van der Waals surface area contributed by atoms with E-state index in [-0.39, 0.29) is 22.1 Å². The van der Waals surface area contributed by atoms with Gasteiger partial charge in [-0.2, -0.15) is 0 Å². The first-order valence-corrected chi connectivity index (χ1v) is 14.8. The van der Waals surface area contributed by atoms with E-state index in [0.717, 1.165) is 12.5 Å². The van der Waals surface area contributed by atoms with Crippen molar-refractivity contribution < 1.29 is 30.9 Å². The van der Waals surface area contributed by atoms with E-state index in [9.17, 15) is 21.2 Å². The quantitative estimate of drug-likeness (QED) is 0.500. The fourth-order valence-corrected chi connectivity index (χ4v) is 6.90. The van der Waals surface area contributed by atoms with E-state index in [1.165, 1.54) is 12.1 Å². The van der Waals surface area contributed by atoms with Gasteiger partial charge < -0.3 is 9.68 Å². The van der Waals surface area contributed by atoms with Gasteiger partial charge in [-0.3, -0.25) is 0 Å². The molecule has 37 heavy (non-hydrogen) atoms. The largest absolute Gasteiger partial charge is 0.389 e. The topological polar surface area (TPSA) is 111 Å². The summed E-state index contributed by atoms with van der Waals surface area (Å²) in [5, 5.41) is 4.06. The van der Waals surface area contributed by atoms with Crippen molar-refractivity contribution in [1.82, 2.24) is 0 Å². The summed E-state index contributed by atoms with van der Waals surface area (Å²) in [4.78, 5) is 10.1. The minimum atomic E-state index is -4.20. The predicted molar refractivity (Wildman–Crippen MR) is 142 cm³/mol. The normalized spacial score (nSPS) is 20.7. The maximum Gasteiger partial charge on any atom is 0.238 e. The van der Waals surface area contributed by atoms with Gasteiger partial charge in [0.25, 0.3) is 0 Å². The summed E-state index contributed by atoms with van der Waals surface area (Å²) in [5.41, 5.74) is -0.388. The van der Waals surface area contributed by atoms with Crippen molar-refractivity contribution in [3.8, 4) is 0 Å². The Labute approximate surface area is 218 Å². The van der Waals surface area contributed by atoms with Crippen LogP contribution in [0.15, 0.2) is 71.0 Å². The second kappa shape index (κ2) is 10.2. The Kier molecular flexibility index (Phi) is 7.91. The van der Waals surface area contributed by atoms with Crippen molar-refractivity contribution in [1.29, 1.82) is 0 Å². The Hall–Kier alpha value is -2.79. The first kappa shape index (κ1) is 28.8. The average Bonchev–Trinajstić information content (AvgIpc) is 3.41. The van der Waals surface area contributed by atoms with Gasteiger partial charge in [-0.1, -0.05) is 71.0 Å². The van der Waals surface area contributed by atoms with Gasteiger partial charge in [-0.15, -0.1) is 0 Å². The van der Waals surface area contributed by atoms with Crippen molar-refractivity contribution in [3.05, 3.63) is 71.8 Å². The molecule has 2 aromatic carbocycles. The molecule has 0 aliphatic carbocycles. The van der Waals surface area contributed by atoms with Crippen LogP contribution in [-0.4, -0.2) is 38.1 Å². The van der Waals surface area contributed by atoms with Crippen molar-refractivity contribution in [2.75, 3.05) is 0 Å². The molecule has 11 heteroatoms. The Morgan fingerprint density at radius 1 is 0.811 bits per heavy atom. The molecule has 0 bridgehead atoms. The molecule has 0 saturated heterocycles. The van der Waals surface area contributed by atoms with Crippen molar-refractivity contribution in [2.24, 2.45) is 10.3 Å². The van der Waals surface area contributed by atoms with Gasteiger partial charge in [0.2, 0.25) is 24.7 Å². The van der Waals surface area contributed by atoms with Crippen LogP contribution in [0.25, 0.3) is 0 Å². The van der Waals surface area contributed by atoms with Crippen LogP contribution in [0, 0.1) is 0 Å². The number of sulfone groups is 2. The van der Waals surface area contributed by atoms with Crippen molar-refractivity contribution in [3.63, 3.8) is 0 Å². The molecule has 2 aliphatic rings. The number of hydrogen-bond donors (Lipinski definition) is 0. The van der Waals surface area contributed by atoms with Crippen LogP contribution in [0.2, 0.25) is 0 Å². The predicted octanol–water partition coefficient (Wildman–Crippen LogP) is 5.43. The zero-order valence-electron chi connectivity index (χ0n) is 21.8. The van der Waals surface area contributed by atoms with Crippen LogP contribution < -0.4 is 0 Å². The van der Waals surface area contributed by atoms with Gasteiger partial charge in [-0.25, -0.2) is 21.2 Å². The Morgan fingerprint density at radius 3 is 1.68 bits per heavy atom. The van der Waals surface area contributed by atoms with Crippen LogP contribution in [0.4, 0.5) is 4.39 Å². The number of alkyl halides is 1. The molecular formula is C26H33FN2O6S2. The Balaban J connectivity index is 0.000000206. The number of halogens is 1. The van der Waals surface area contributed by atoms with Crippen molar-refractivity contribution >= 4 is 29.8 Å². The summed E-state index contributed by atoms with van der Waals surface area (Å²) in [6.07, 6.45) is 0.397. The molecule has 202 valence electrons. The summed E-state index contributed by atoms with van der Waals surface area (Å²) < 4.78 is 64.3. The molecule has 0 fully saturated rings. The smallest absolute Gasteiger partial charge is 0.238 e. The van der Waals surface area contributed by atoms with Crippen LogP contribution in [0.3, 0.4) is 0 Å². The molecule has 0 N–H and O–H groups in total. The maximum atomic E-state index is 14.8. The highest BCUT2D eigenvalue weighted by atomic mass is 32.2. The van der Waals surface area contributed by atoms with E-state index in [2.05, 4.69) is 10.3 Å². The number of rotatable bonds is 4. The summed E-state index contributed by atoms with van der Waals surface area (Å²) in [7, 11) is -7.64. The number of nitrogens with zero attached hydrogens (tertiary/aromatic N) is 2. The molecule has 2 atom stereocenters. The molecule has 0 spiro atoms. The van der Waals surface area contributed by atoms with Gasteiger partial charge >= 0.3 is 0 Å². The third kappa shape index (κ3) is 6.20. The molecule has 2 unspecified atom stereocenters. The molecule has 2 aliphatic heterocycles. The Morgan fingerprint density at radius 2 is 1.24 bits per heavy atom. The number of benzene rings is 2. The maximum absolute atomic E-state index is 14.8.